The fourth-order valence-electron chi connectivity index (χ4n) is 4.75. The van der Waals surface area contributed by atoms with E-state index < -0.39 is 17.4 Å². The number of nitrogens with one attached hydrogen (secondary N) is 3. The third-order valence-corrected chi connectivity index (χ3v) is 6.51. The van der Waals surface area contributed by atoms with Gasteiger partial charge in [0.2, 0.25) is 0 Å². The van der Waals surface area contributed by atoms with Crippen LogP contribution in [0.4, 0.5) is 0 Å². The highest BCUT2D eigenvalue weighted by atomic mass is 16.4. The molecule has 1 atom stereocenters. The van der Waals surface area contributed by atoms with Gasteiger partial charge >= 0.3 is 5.97 Å². The lowest BCUT2D eigenvalue weighted by Crippen LogP contribution is -2.68. The molecule has 0 spiro atoms. The summed E-state index contributed by atoms with van der Waals surface area (Å²) in [4.78, 5) is 29.9. The molecule has 1 saturated heterocycles. The summed E-state index contributed by atoms with van der Waals surface area (Å²) in [6.07, 6.45) is 0.173. The number of hydrogen-bond donors (Lipinski definition) is 4. The lowest BCUT2D eigenvalue weighted by atomic mass is 9.89. The molecule has 166 valence electrons. The molecule has 9 nitrogen and oxygen atoms in total. The van der Waals surface area contributed by atoms with Crippen LogP contribution in [0.2, 0.25) is 0 Å². The van der Waals surface area contributed by atoms with Crippen molar-refractivity contribution in [1.29, 1.82) is 5.26 Å². The Labute approximate surface area is 189 Å². The first-order valence-corrected chi connectivity index (χ1v) is 10.7. The Kier molecular flexibility index (Phi) is 4.87. The van der Waals surface area contributed by atoms with Gasteiger partial charge in [-0.15, -0.1) is 0 Å². The topological polar surface area (TPSA) is 138 Å². The molecule has 2 aromatic carbocycles. The lowest BCUT2D eigenvalue weighted by Gasteiger charge is -2.42. The average Bonchev–Trinajstić information content (AvgIpc) is 3.43. The molecule has 1 aliphatic rings. The number of carbonyl (C=O) groups excluding carboxylic acids is 1. The Hall–Kier alpha value is -4.16. The number of amides is 1. The third kappa shape index (κ3) is 3.15. The summed E-state index contributed by atoms with van der Waals surface area (Å²) < 4.78 is 0. The summed E-state index contributed by atoms with van der Waals surface area (Å²) in [5.74, 6) is -1.60. The van der Waals surface area contributed by atoms with E-state index >= 15 is 0 Å². The van der Waals surface area contributed by atoms with Gasteiger partial charge in [0.25, 0.3) is 5.91 Å². The minimum absolute atomic E-state index is 0.173. The zero-order valence-electron chi connectivity index (χ0n) is 18.0. The first-order valence-electron chi connectivity index (χ1n) is 10.7. The number of aromatic amines is 2. The molecule has 0 saturated carbocycles. The van der Waals surface area contributed by atoms with Gasteiger partial charge in [0, 0.05) is 35.9 Å². The van der Waals surface area contributed by atoms with E-state index in [4.69, 9.17) is 5.26 Å². The van der Waals surface area contributed by atoms with Crippen LogP contribution < -0.4 is 5.32 Å². The highest BCUT2D eigenvalue weighted by Crippen LogP contribution is 2.32. The fraction of sp³-hybridized carbons (Fsp3) is 0.250. The van der Waals surface area contributed by atoms with E-state index in [-0.39, 0.29) is 6.42 Å². The molecule has 3 heterocycles. The molecule has 1 fully saturated rings. The zero-order chi connectivity index (χ0) is 23.2. The van der Waals surface area contributed by atoms with Crippen LogP contribution in [0, 0.1) is 11.3 Å². The maximum absolute atomic E-state index is 12.6. The largest absolute Gasteiger partial charge is 0.479 e. The molecule has 0 aliphatic carbocycles. The van der Waals surface area contributed by atoms with Crippen LogP contribution in [0.5, 0.6) is 0 Å². The van der Waals surface area contributed by atoms with Crippen molar-refractivity contribution in [1.82, 2.24) is 25.4 Å². The normalized spacial score (nSPS) is 19.0. The molecule has 4 N–H and O–H groups in total. The van der Waals surface area contributed by atoms with Crippen molar-refractivity contribution in [2.75, 3.05) is 13.1 Å². The number of carbonyl (C=O) groups is 2. The second kappa shape index (κ2) is 7.76. The number of fused-ring (bicyclic) bond motifs is 2. The summed E-state index contributed by atoms with van der Waals surface area (Å²) in [6, 6.07) is 15.3. The number of nitrogens with zero attached hydrogens (tertiary/aromatic N) is 3. The number of aromatic nitrogens is 3. The fourth-order valence-corrected chi connectivity index (χ4v) is 4.75. The minimum Gasteiger partial charge on any atom is -0.479 e. The maximum atomic E-state index is 12.6. The van der Waals surface area contributed by atoms with Crippen LogP contribution in [-0.4, -0.2) is 55.7 Å². The first kappa shape index (κ1) is 20.7. The number of H-pyrrole nitrogens is 2. The second-order valence-corrected chi connectivity index (χ2v) is 8.20. The van der Waals surface area contributed by atoms with Crippen molar-refractivity contribution in [2.45, 2.75) is 25.4 Å². The summed E-state index contributed by atoms with van der Waals surface area (Å²) in [6.45, 7) is 2.91. The van der Waals surface area contributed by atoms with E-state index in [1.54, 1.807) is 24.0 Å². The summed E-state index contributed by atoms with van der Waals surface area (Å²) in [5.41, 5.74) is 3.11. The van der Waals surface area contributed by atoms with Crippen molar-refractivity contribution in [3.8, 4) is 17.5 Å². The van der Waals surface area contributed by atoms with Crippen molar-refractivity contribution in [2.24, 2.45) is 0 Å². The van der Waals surface area contributed by atoms with Crippen LogP contribution in [0.25, 0.3) is 33.2 Å². The SMILES string of the molecule is CCC1(C(=O)O)C(=O)NCCN1Cc1cccc2[nH]c(-c3n[nH]c4cc(C#N)ccc34)cc12. The molecule has 1 aliphatic heterocycles. The third-order valence-electron chi connectivity index (χ3n) is 6.51. The molecule has 1 amide bonds. The Morgan fingerprint density at radius 2 is 2.09 bits per heavy atom. The van der Waals surface area contributed by atoms with Crippen LogP contribution in [0.15, 0.2) is 42.5 Å². The number of hydrogen-bond acceptors (Lipinski definition) is 5. The van der Waals surface area contributed by atoms with Gasteiger partial charge in [0.1, 0.15) is 5.69 Å². The number of piperazine rings is 1. The maximum Gasteiger partial charge on any atom is 0.333 e. The number of nitriles is 1. The Balaban J connectivity index is 1.56. The van der Waals surface area contributed by atoms with Gasteiger partial charge < -0.3 is 15.4 Å². The minimum atomic E-state index is -1.59. The van der Waals surface area contributed by atoms with E-state index in [1.807, 2.05) is 30.3 Å². The van der Waals surface area contributed by atoms with Crippen LogP contribution in [-0.2, 0) is 16.1 Å². The first-order chi connectivity index (χ1) is 16.0. The molecule has 0 radical (unpaired) electrons. The zero-order valence-corrected chi connectivity index (χ0v) is 18.0. The van der Waals surface area contributed by atoms with E-state index in [0.717, 1.165) is 38.8 Å². The second-order valence-electron chi connectivity index (χ2n) is 8.20. The predicted octanol–water partition coefficient (Wildman–Crippen LogP) is 2.75. The van der Waals surface area contributed by atoms with E-state index in [0.29, 0.717) is 25.2 Å². The van der Waals surface area contributed by atoms with Gasteiger partial charge in [-0.1, -0.05) is 19.1 Å². The van der Waals surface area contributed by atoms with Gasteiger partial charge in [-0.3, -0.25) is 14.8 Å². The number of rotatable bonds is 5. The standard InChI is InChI=1S/C24H22N6O3/c1-2-24(23(32)33)22(31)26-8-9-30(24)13-15-4-3-5-18-17(15)11-20(27-18)21-16-7-6-14(12-25)10-19(16)28-29-21/h3-7,10-11,27H,2,8-9,13H2,1H3,(H,26,31)(H,28,29)(H,32,33). The monoisotopic (exact) mass is 442 g/mol. The molecule has 2 aromatic heterocycles. The summed E-state index contributed by atoms with van der Waals surface area (Å²) in [5, 5.41) is 31.0. The van der Waals surface area contributed by atoms with Crippen molar-refractivity contribution in [3.63, 3.8) is 0 Å². The smallest absolute Gasteiger partial charge is 0.333 e. The number of benzene rings is 2. The molecule has 5 rings (SSSR count). The van der Waals surface area contributed by atoms with Gasteiger partial charge in [-0.05, 0) is 42.3 Å². The highest BCUT2D eigenvalue weighted by molar-refractivity contribution is 6.07. The quantitative estimate of drug-likeness (QED) is 0.351. The summed E-state index contributed by atoms with van der Waals surface area (Å²) >= 11 is 0. The molecule has 4 aromatic rings. The number of carboxylic acids is 1. The predicted molar refractivity (Wildman–Crippen MR) is 122 cm³/mol. The van der Waals surface area contributed by atoms with E-state index in [9.17, 15) is 14.7 Å². The van der Waals surface area contributed by atoms with Crippen molar-refractivity contribution in [3.05, 3.63) is 53.6 Å². The Bertz CT molecular complexity index is 1450. The van der Waals surface area contributed by atoms with Crippen molar-refractivity contribution >= 4 is 33.7 Å². The highest BCUT2D eigenvalue weighted by Gasteiger charge is 2.51. The number of aliphatic carboxylic acids is 1. The van der Waals surface area contributed by atoms with Gasteiger partial charge in [0.05, 0.1) is 22.8 Å². The van der Waals surface area contributed by atoms with Crippen LogP contribution in [0.1, 0.15) is 24.5 Å². The van der Waals surface area contributed by atoms with E-state index in [2.05, 4.69) is 26.6 Å². The van der Waals surface area contributed by atoms with Gasteiger partial charge in [0.15, 0.2) is 5.54 Å². The number of carboxylic acid groups (broad SMARTS) is 1. The van der Waals surface area contributed by atoms with Crippen LogP contribution in [0.3, 0.4) is 0 Å². The van der Waals surface area contributed by atoms with Gasteiger partial charge in [-0.2, -0.15) is 10.4 Å². The molecular formula is C24H22N6O3. The van der Waals surface area contributed by atoms with E-state index in [1.165, 1.54) is 0 Å². The van der Waals surface area contributed by atoms with Crippen LogP contribution >= 0.6 is 0 Å². The Morgan fingerprint density at radius 3 is 2.85 bits per heavy atom. The molecular weight excluding hydrogens is 420 g/mol. The van der Waals surface area contributed by atoms with Crippen molar-refractivity contribution < 1.29 is 14.7 Å². The molecule has 33 heavy (non-hydrogen) atoms. The molecule has 1 unspecified atom stereocenters. The average molecular weight is 442 g/mol. The lowest BCUT2D eigenvalue weighted by molar-refractivity contribution is -0.162. The Morgan fingerprint density at radius 1 is 1.24 bits per heavy atom. The summed E-state index contributed by atoms with van der Waals surface area (Å²) in [7, 11) is 0. The molecule has 9 heteroatoms. The van der Waals surface area contributed by atoms with Gasteiger partial charge in [-0.25, -0.2) is 4.79 Å². The molecule has 0 bridgehead atoms.